The molecule has 1 amide bonds. The molecule has 0 spiro atoms. The van der Waals surface area contributed by atoms with Crippen LogP contribution in [0.4, 0.5) is 4.39 Å². The van der Waals surface area contributed by atoms with Crippen molar-refractivity contribution >= 4 is 16.8 Å². The number of pyridine rings is 1. The number of fused-ring (bicyclic) bond motifs is 1. The van der Waals surface area contributed by atoms with Gasteiger partial charge < -0.3 is 14.6 Å². The van der Waals surface area contributed by atoms with E-state index in [1.54, 1.807) is 31.2 Å². The normalized spacial score (nSPS) is 10.8. The molecule has 0 aliphatic rings. The van der Waals surface area contributed by atoms with E-state index in [0.29, 0.717) is 30.5 Å². The third-order valence-electron chi connectivity index (χ3n) is 4.83. The number of halogens is 1. The highest BCUT2D eigenvalue weighted by molar-refractivity contribution is 5.79. The SMILES string of the molecule is COc1ccccc1CCN(C)C(=O)CCc1cc2ccc(F)cc2[nH]c1=O. The number of H-pyrrole nitrogens is 1. The number of hydrogen-bond donors (Lipinski definition) is 1. The molecule has 3 rings (SSSR count). The Morgan fingerprint density at radius 3 is 2.68 bits per heavy atom. The Morgan fingerprint density at radius 2 is 1.89 bits per heavy atom. The lowest BCUT2D eigenvalue weighted by Crippen LogP contribution is -2.29. The van der Waals surface area contributed by atoms with E-state index in [1.165, 1.54) is 12.1 Å². The van der Waals surface area contributed by atoms with E-state index in [2.05, 4.69) is 4.98 Å². The Morgan fingerprint density at radius 1 is 1.11 bits per heavy atom. The van der Waals surface area contributed by atoms with Crippen LogP contribution in [0.1, 0.15) is 17.5 Å². The summed E-state index contributed by atoms with van der Waals surface area (Å²) in [6.07, 6.45) is 1.26. The van der Waals surface area contributed by atoms with Gasteiger partial charge in [0.25, 0.3) is 5.56 Å². The number of benzene rings is 2. The minimum Gasteiger partial charge on any atom is -0.496 e. The smallest absolute Gasteiger partial charge is 0.251 e. The molecule has 5 nitrogen and oxygen atoms in total. The fourth-order valence-electron chi connectivity index (χ4n) is 3.16. The zero-order valence-electron chi connectivity index (χ0n) is 16.0. The first-order valence-corrected chi connectivity index (χ1v) is 9.15. The van der Waals surface area contributed by atoms with Crippen LogP contribution in [0.15, 0.2) is 53.3 Å². The first-order valence-electron chi connectivity index (χ1n) is 9.15. The molecule has 1 aromatic heterocycles. The quantitative estimate of drug-likeness (QED) is 0.682. The van der Waals surface area contributed by atoms with E-state index < -0.39 is 5.82 Å². The fraction of sp³-hybridized carbons (Fsp3) is 0.273. The maximum absolute atomic E-state index is 13.3. The highest BCUT2D eigenvalue weighted by Crippen LogP contribution is 2.18. The number of aryl methyl sites for hydroxylation is 1. The first-order chi connectivity index (χ1) is 13.5. The second kappa shape index (κ2) is 8.69. The summed E-state index contributed by atoms with van der Waals surface area (Å²) in [6.45, 7) is 0.562. The van der Waals surface area contributed by atoms with Gasteiger partial charge in [-0.25, -0.2) is 4.39 Å². The molecule has 146 valence electrons. The lowest BCUT2D eigenvalue weighted by molar-refractivity contribution is -0.129. The Hall–Kier alpha value is -3.15. The minimum atomic E-state index is -0.400. The van der Waals surface area contributed by atoms with Crippen LogP contribution in [-0.2, 0) is 17.6 Å². The molecule has 28 heavy (non-hydrogen) atoms. The zero-order valence-corrected chi connectivity index (χ0v) is 16.0. The summed E-state index contributed by atoms with van der Waals surface area (Å²) in [5, 5.41) is 0.743. The largest absolute Gasteiger partial charge is 0.496 e. The number of ether oxygens (including phenoxy) is 1. The summed E-state index contributed by atoms with van der Waals surface area (Å²) in [7, 11) is 3.38. The Kier molecular flexibility index (Phi) is 6.09. The molecule has 0 bridgehead atoms. The summed E-state index contributed by atoms with van der Waals surface area (Å²) in [4.78, 5) is 29.0. The Balaban J connectivity index is 1.60. The first kappa shape index (κ1) is 19.6. The predicted molar refractivity (Wildman–Crippen MR) is 107 cm³/mol. The van der Waals surface area contributed by atoms with Crippen LogP contribution in [0.25, 0.3) is 10.9 Å². The van der Waals surface area contributed by atoms with E-state index in [4.69, 9.17) is 4.74 Å². The lowest BCUT2D eigenvalue weighted by atomic mass is 10.1. The fourth-order valence-corrected chi connectivity index (χ4v) is 3.16. The van der Waals surface area contributed by atoms with E-state index in [-0.39, 0.29) is 17.9 Å². The minimum absolute atomic E-state index is 0.0338. The van der Waals surface area contributed by atoms with Gasteiger partial charge in [-0.05, 0) is 54.1 Å². The van der Waals surface area contributed by atoms with Crippen LogP contribution >= 0.6 is 0 Å². The predicted octanol–water partition coefficient (Wildman–Crippen LogP) is 3.31. The Bertz CT molecular complexity index is 1050. The molecular weight excluding hydrogens is 359 g/mol. The number of carbonyl (C=O) groups excluding carboxylic acids is 1. The summed E-state index contributed by atoms with van der Waals surface area (Å²) in [5.41, 5.74) is 1.73. The van der Waals surface area contributed by atoms with Crippen molar-refractivity contribution in [2.75, 3.05) is 20.7 Å². The average Bonchev–Trinajstić information content (AvgIpc) is 2.70. The van der Waals surface area contributed by atoms with Crippen molar-refractivity contribution in [1.82, 2.24) is 9.88 Å². The van der Waals surface area contributed by atoms with Gasteiger partial charge in [-0.3, -0.25) is 9.59 Å². The number of methoxy groups -OCH3 is 1. The number of hydrogen-bond acceptors (Lipinski definition) is 3. The topological polar surface area (TPSA) is 62.4 Å². The van der Waals surface area contributed by atoms with Gasteiger partial charge in [0, 0.05) is 25.6 Å². The summed E-state index contributed by atoms with van der Waals surface area (Å²) < 4.78 is 18.6. The summed E-state index contributed by atoms with van der Waals surface area (Å²) in [6, 6.07) is 13.7. The van der Waals surface area contributed by atoms with Gasteiger partial charge in [0.05, 0.1) is 12.6 Å². The van der Waals surface area contributed by atoms with Crippen LogP contribution in [-0.4, -0.2) is 36.5 Å². The maximum atomic E-state index is 13.3. The van der Waals surface area contributed by atoms with Gasteiger partial charge >= 0.3 is 0 Å². The van der Waals surface area contributed by atoms with Crippen molar-refractivity contribution in [2.24, 2.45) is 0 Å². The highest BCUT2D eigenvalue weighted by Gasteiger charge is 2.12. The summed E-state index contributed by atoms with van der Waals surface area (Å²) in [5.74, 6) is 0.374. The number of aromatic nitrogens is 1. The lowest BCUT2D eigenvalue weighted by Gasteiger charge is -2.18. The molecule has 0 fully saturated rings. The van der Waals surface area contributed by atoms with Gasteiger partial charge in [-0.15, -0.1) is 0 Å². The number of nitrogens with one attached hydrogen (secondary N) is 1. The number of nitrogens with zero attached hydrogens (tertiary/aromatic N) is 1. The van der Waals surface area contributed by atoms with Crippen molar-refractivity contribution < 1.29 is 13.9 Å². The van der Waals surface area contributed by atoms with Crippen LogP contribution in [0.2, 0.25) is 0 Å². The molecular formula is C22H23FN2O3. The number of amides is 1. The van der Waals surface area contributed by atoms with Crippen molar-refractivity contribution in [1.29, 1.82) is 0 Å². The summed E-state index contributed by atoms with van der Waals surface area (Å²) >= 11 is 0. The van der Waals surface area contributed by atoms with Gasteiger partial charge in [-0.1, -0.05) is 18.2 Å². The molecule has 3 aromatic rings. The third kappa shape index (κ3) is 4.57. The van der Waals surface area contributed by atoms with E-state index >= 15 is 0 Å². The number of likely N-dealkylation sites (N-methyl/N-ethyl adjacent to an activating group) is 1. The van der Waals surface area contributed by atoms with Gasteiger partial charge in [0.1, 0.15) is 11.6 Å². The highest BCUT2D eigenvalue weighted by atomic mass is 19.1. The Labute approximate surface area is 162 Å². The second-order valence-corrected chi connectivity index (χ2v) is 6.73. The maximum Gasteiger partial charge on any atom is 0.251 e. The van der Waals surface area contributed by atoms with Gasteiger partial charge in [0.2, 0.25) is 5.91 Å². The molecule has 1 N–H and O–H groups in total. The molecule has 6 heteroatoms. The average molecular weight is 382 g/mol. The van der Waals surface area contributed by atoms with Crippen molar-refractivity contribution in [2.45, 2.75) is 19.3 Å². The van der Waals surface area contributed by atoms with Crippen LogP contribution in [0.5, 0.6) is 5.75 Å². The monoisotopic (exact) mass is 382 g/mol. The van der Waals surface area contributed by atoms with Crippen molar-refractivity contribution in [3.63, 3.8) is 0 Å². The van der Waals surface area contributed by atoms with Crippen molar-refractivity contribution in [3.8, 4) is 5.75 Å². The number of aromatic amines is 1. The molecule has 0 saturated heterocycles. The molecule has 0 radical (unpaired) electrons. The molecule has 1 heterocycles. The number of rotatable bonds is 7. The van der Waals surface area contributed by atoms with E-state index in [0.717, 1.165) is 16.7 Å². The standard InChI is InChI=1S/C22H23FN2O3/c1-25(12-11-15-5-3-4-6-20(15)28-2)21(26)10-8-17-13-16-7-9-18(23)14-19(16)24-22(17)27/h3-7,9,13-14H,8,10-12H2,1-2H3,(H,24,27). The molecule has 0 aliphatic heterocycles. The zero-order chi connectivity index (χ0) is 20.1. The van der Waals surface area contributed by atoms with Crippen LogP contribution in [0, 0.1) is 5.82 Å². The molecule has 0 aliphatic carbocycles. The number of para-hydroxylation sites is 1. The second-order valence-electron chi connectivity index (χ2n) is 6.73. The molecule has 2 aromatic carbocycles. The van der Waals surface area contributed by atoms with E-state index in [9.17, 15) is 14.0 Å². The van der Waals surface area contributed by atoms with Crippen molar-refractivity contribution in [3.05, 3.63) is 75.8 Å². The van der Waals surface area contributed by atoms with Gasteiger partial charge in [-0.2, -0.15) is 0 Å². The van der Waals surface area contributed by atoms with E-state index in [1.807, 2.05) is 24.3 Å². The molecule has 0 saturated carbocycles. The van der Waals surface area contributed by atoms with Crippen LogP contribution < -0.4 is 10.3 Å². The number of carbonyl (C=O) groups is 1. The molecule has 0 atom stereocenters. The van der Waals surface area contributed by atoms with Crippen LogP contribution in [0.3, 0.4) is 0 Å². The molecule has 0 unspecified atom stereocenters. The van der Waals surface area contributed by atoms with Gasteiger partial charge in [0.15, 0.2) is 0 Å². The third-order valence-corrected chi connectivity index (χ3v) is 4.83.